The SMILES string of the molecule is OC1CCC(c2ccc(F)c(F)c2)CC1. The zero-order chi connectivity index (χ0) is 10.8. The number of aliphatic hydroxyl groups is 1. The van der Waals surface area contributed by atoms with E-state index in [0.717, 1.165) is 31.2 Å². The van der Waals surface area contributed by atoms with Crippen LogP contribution < -0.4 is 0 Å². The van der Waals surface area contributed by atoms with E-state index in [1.807, 2.05) is 0 Å². The molecule has 1 aliphatic carbocycles. The molecule has 15 heavy (non-hydrogen) atoms. The first-order valence-electron chi connectivity index (χ1n) is 5.30. The quantitative estimate of drug-likeness (QED) is 0.758. The van der Waals surface area contributed by atoms with Crippen LogP contribution in [0.25, 0.3) is 0 Å². The molecule has 0 unspecified atom stereocenters. The molecule has 1 aromatic carbocycles. The number of benzene rings is 1. The highest BCUT2D eigenvalue weighted by atomic mass is 19.2. The number of halogens is 2. The maximum Gasteiger partial charge on any atom is 0.159 e. The predicted molar refractivity (Wildman–Crippen MR) is 53.6 cm³/mol. The van der Waals surface area contributed by atoms with Crippen molar-refractivity contribution in [2.75, 3.05) is 0 Å². The van der Waals surface area contributed by atoms with Crippen molar-refractivity contribution in [1.82, 2.24) is 0 Å². The van der Waals surface area contributed by atoms with Crippen molar-refractivity contribution >= 4 is 0 Å². The third-order valence-corrected chi connectivity index (χ3v) is 3.11. The fourth-order valence-electron chi connectivity index (χ4n) is 2.18. The van der Waals surface area contributed by atoms with Crippen LogP contribution in [0.4, 0.5) is 8.78 Å². The van der Waals surface area contributed by atoms with Gasteiger partial charge < -0.3 is 5.11 Å². The van der Waals surface area contributed by atoms with E-state index in [9.17, 15) is 13.9 Å². The molecule has 82 valence electrons. The lowest BCUT2D eigenvalue weighted by molar-refractivity contribution is 0.122. The molecule has 0 aromatic heterocycles. The summed E-state index contributed by atoms with van der Waals surface area (Å²) in [6, 6.07) is 4.09. The van der Waals surface area contributed by atoms with Crippen molar-refractivity contribution < 1.29 is 13.9 Å². The second kappa shape index (κ2) is 4.27. The molecule has 3 heteroatoms. The lowest BCUT2D eigenvalue weighted by Gasteiger charge is -2.25. The van der Waals surface area contributed by atoms with Crippen molar-refractivity contribution in [3.05, 3.63) is 35.4 Å². The number of rotatable bonds is 1. The highest BCUT2D eigenvalue weighted by Gasteiger charge is 2.21. The standard InChI is InChI=1S/C12H14F2O/c13-11-6-3-9(7-12(11)14)8-1-4-10(15)5-2-8/h3,6-8,10,15H,1-2,4-5H2. The van der Waals surface area contributed by atoms with E-state index in [2.05, 4.69) is 0 Å². The second-order valence-electron chi connectivity index (χ2n) is 4.18. The number of aliphatic hydroxyl groups excluding tert-OH is 1. The lowest BCUT2D eigenvalue weighted by atomic mass is 9.83. The summed E-state index contributed by atoms with van der Waals surface area (Å²) in [6.07, 6.45) is 3.00. The first-order valence-corrected chi connectivity index (χ1v) is 5.30. The van der Waals surface area contributed by atoms with Gasteiger partial charge >= 0.3 is 0 Å². The molecule has 1 N–H and O–H groups in total. The third-order valence-electron chi connectivity index (χ3n) is 3.11. The normalized spacial score (nSPS) is 26.6. The minimum absolute atomic E-state index is 0.216. The van der Waals surface area contributed by atoms with Gasteiger partial charge in [0, 0.05) is 0 Å². The number of hydrogen-bond donors (Lipinski definition) is 1. The van der Waals surface area contributed by atoms with Gasteiger partial charge in [-0.15, -0.1) is 0 Å². The van der Waals surface area contributed by atoms with Crippen LogP contribution in [-0.4, -0.2) is 11.2 Å². The smallest absolute Gasteiger partial charge is 0.159 e. The highest BCUT2D eigenvalue weighted by Crippen LogP contribution is 2.33. The van der Waals surface area contributed by atoms with Crippen molar-refractivity contribution in [2.24, 2.45) is 0 Å². The summed E-state index contributed by atoms with van der Waals surface area (Å²) in [5.74, 6) is -1.31. The Morgan fingerprint density at radius 3 is 2.27 bits per heavy atom. The van der Waals surface area contributed by atoms with Crippen LogP contribution in [0.3, 0.4) is 0 Å². The van der Waals surface area contributed by atoms with Crippen LogP contribution in [-0.2, 0) is 0 Å². The fourth-order valence-corrected chi connectivity index (χ4v) is 2.18. The molecular formula is C12H14F2O. The topological polar surface area (TPSA) is 20.2 Å². The summed E-state index contributed by atoms with van der Waals surface area (Å²) in [4.78, 5) is 0. The van der Waals surface area contributed by atoms with Crippen LogP contribution in [0.2, 0.25) is 0 Å². The molecule has 0 saturated heterocycles. The second-order valence-corrected chi connectivity index (χ2v) is 4.18. The van der Waals surface area contributed by atoms with E-state index in [-0.39, 0.29) is 12.0 Å². The summed E-state index contributed by atoms with van der Waals surface area (Å²) >= 11 is 0. The van der Waals surface area contributed by atoms with Gasteiger partial charge in [0.1, 0.15) is 0 Å². The molecule has 1 aromatic rings. The molecule has 1 nitrogen and oxygen atoms in total. The van der Waals surface area contributed by atoms with Gasteiger partial charge in [0.05, 0.1) is 6.10 Å². The van der Waals surface area contributed by atoms with E-state index in [4.69, 9.17) is 0 Å². The summed E-state index contributed by atoms with van der Waals surface area (Å²) < 4.78 is 25.7. The molecule has 0 radical (unpaired) electrons. The van der Waals surface area contributed by atoms with Gasteiger partial charge in [0.25, 0.3) is 0 Å². The summed E-state index contributed by atoms with van der Waals surface area (Å²) in [5.41, 5.74) is 0.848. The van der Waals surface area contributed by atoms with Crippen molar-refractivity contribution in [2.45, 2.75) is 37.7 Å². The Morgan fingerprint density at radius 2 is 1.67 bits per heavy atom. The van der Waals surface area contributed by atoms with E-state index in [1.54, 1.807) is 6.07 Å². The number of hydrogen-bond acceptors (Lipinski definition) is 1. The largest absolute Gasteiger partial charge is 0.393 e. The Morgan fingerprint density at radius 1 is 1.00 bits per heavy atom. The highest BCUT2D eigenvalue weighted by molar-refractivity contribution is 5.22. The molecule has 0 atom stereocenters. The first kappa shape index (κ1) is 10.6. The summed E-state index contributed by atoms with van der Waals surface area (Å²) in [5, 5.41) is 9.34. The van der Waals surface area contributed by atoms with Gasteiger partial charge in [-0.3, -0.25) is 0 Å². The molecule has 0 heterocycles. The van der Waals surface area contributed by atoms with Crippen LogP contribution in [0, 0.1) is 11.6 Å². The molecular weight excluding hydrogens is 198 g/mol. The maximum absolute atomic E-state index is 13.0. The van der Waals surface area contributed by atoms with Crippen molar-refractivity contribution in [1.29, 1.82) is 0 Å². The van der Waals surface area contributed by atoms with Crippen LogP contribution in [0.15, 0.2) is 18.2 Å². The maximum atomic E-state index is 13.0. The Labute approximate surface area is 87.7 Å². The summed E-state index contributed by atoms with van der Waals surface area (Å²) in [6.45, 7) is 0. The average Bonchev–Trinajstić information content (AvgIpc) is 2.23. The monoisotopic (exact) mass is 212 g/mol. The molecule has 1 saturated carbocycles. The van der Waals surface area contributed by atoms with Gasteiger partial charge in [-0.1, -0.05) is 6.07 Å². The van der Waals surface area contributed by atoms with Gasteiger partial charge in [0.2, 0.25) is 0 Å². The zero-order valence-electron chi connectivity index (χ0n) is 8.42. The van der Waals surface area contributed by atoms with Crippen LogP contribution >= 0.6 is 0 Å². The van der Waals surface area contributed by atoms with E-state index in [0.29, 0.717) is 0 Å². The van der Waals surface area contributed by atoms with Gasteiger partial charge in [0.15, 0.2) is 11.6 Å². The fraction of sp³-hybridized carbons (Fsp3) is 0.500. The van der Waals surface area contributed by atoms with Crippen molar-refractivity contribution in [3.8, 4) is 0 Å². The molecule has 0 aliphatic heterocycles. The average molecular weight is 212 g/mol. The minimum Gasteiger partial charge on any atom is -0.393 e. The van der Waals surface area contributed by atoms with E-state index in [1.165, 1.54) is 12.1 Å². The predicted octanol–water partition coefficient (Wildman–Crippen LogP) is 2.98. The van der Waals surface area contributed by atoms with Crippen LogP contribution in [0.1, 0.15) is 37.2 Å². The molecule has 1 aliphatic rings. The Hall–Kier alpha value is -0.960. The third kappa shape index (κ3) is 2.34. The lowest BCUT2D eigenvalue weighted by Crippen LogP contribution is -2.17. The Bertz CT molecular complexity index is 343. The molecule has 0 amide bonds. The Kier molecular flexibility index (Phi) is 3.00. The van der Waals surface area contributed by atoms with Gasteiger partial charge in [-0.25, -0.2) is 8.78 Å². The molecule has 0 spiro atoms. The zero-order valence-corrected chi connectivity index (χ0v) is 8.42. The molecule has 1 fully saturated rings. The van der Waals surface area contributed by atoms with E-state index < -0.39 is 11.6 Å². The van der Waals surface area contributed by atoms with Gasteiger partial charge in [-0.2, -0.15) is 0 Å². The van der Waals surface area contributed by atoms with E-state index >= 15 is 0 Å². The van der Waals surface area contributed by atoms with Crippen molar-refractivity contribution in [3.63, 3.8) is 0 Å². The molecule has 0 bridgehead atoms. The summed E-state index contributed by atoms with van der Waals surface area (Å²) in [7, 11) is 0. The Balaban J connectivity index is 2.12. The van der Waals surface area contributed by atoms with Gasteiger partial charge in [-0.05, 0) is 49.3 Å². The van der Waals surface area contributed by atoms with Crippen LogP contribution in [0.5, 0.6) is 0 Å². The molecule has 2 rings (SSSR count). The minimum atomic E-state index is -0.797. The first-order chi connectivity index (χ1) is 7.16.